The Labute approximate surface area is 348 Å². The van der Waals surface area contributed by atoms with Crippen LogP contribution in [0.25, 0.3) is 0 Å². The highest BCUT2D eigenvalue weighted by molar-refractivity contribution is 5.77. The Morgan fingerprint density at radius 2 is 0.946 bits per heavy atom. The van der Waals surface area contributed by atoms with Crippen LogP contribution in [0.3, 0.4) is 0 Å². The minimum atomic E-state index is 0.126. The molecule has 0 aliphatic carbocycles. The van der Waals surface area contributed by atoms with E-state index < -0.39 is 0 Å². The largest absolute Gasteiger partial charge is 0.383 e. The second-order valence-corrected chi connectivity index (χ2v) is 21.9. The number of nitrogens with one attached hydrogen (secondary N) is 2. The van der Waals surface area contributed by atoms with Crippen molar-refractivity contribution in [1.29, 1.82) is 0 Å². The van der Waals surface area contributed by atoms with E-state index >= 15 is 0 Å². The average Bonchev–Trinajstić information content (AvgIpc) is 3.01. The summed E-state index contributed by atoms with van der Waals surface area (Å²) in [6.45, 7) is 41.4. The molecular weight excluding hydrogens is 703 g/mol. The molecule has 0 heterocycles. The van der Waals surface area contributed by atoms with Gasteiger partial charge in [-0.25, -0.2) is 0 Å². The quantitative estimate of drug-likeness (QED) is 0.152. The van der Waals surface area contributed by atoms with Gasteiger partial charge in [-0.15, -0.1) is 0 Å². The van der Waals surface area contributed by atoms with Crippen molar-refractivity contribution in [3.8, 4) is 0 Å². The molecule has 0 bridgehead atoms. The second-order valence-electron chi connectivity index (χ2n) is 21.9. The summed E-state index contributed by atoms with van der Waals surface area (Å²) < 4.78 is 5.02. The van der Waals surface area contributed by atoms with E-state index in [-0.39, 0.29) is 56.7 Å². The summed E-state index contributed by atoms with van der Waals surface area (Å²) in [7, 11) is 9.32. The fourth-order valence-electron chi connectivity index (χ4n) is 4.87. The molecule has 10 heteroatoms. The van der Waals surface area contributed by atoms with Crippen molar-refractivity contribution in [2.24, 2.45) is 27.1 Å². The van der Waals surface area contributed by atoms with Gasteiger partial charge in [0.05, 0.1) is 6.61 Å². The predicted molar refractivity (Wildman–Crippen MR) is 241 cm³/mol. The van der Waals surface area contributed by atoms with E-state index in [0.29, 0.717) is 44.9 Å². The van der Waals surface area contributed by atoms with Crippen molar-refractivity contribution < 1.29 is 23.9 Å². The average molecular weight is 800 g/mol. The SMILES string of the molecule is CC(C)N(C)C(=O)CCC(C)(C)C.CN(C)CC(C)(C)CNC(=O)CCC(C)(C)C.CNC(=O)CCC(C)(C)C.COCCN(C(=O)CCC(C)(C)C)C(C)C. The van der Waals surface area contributed by atoms with E-state index in [1.54, 1.807) is 14.2 Å². The minimum absolute atomic E-state index is 0.126. The lowest BCUT2D eigenvalue weighted by molar-refractivity contribution is -0.134. The molecule has 0 saturated carbocycles. The molecule has 0 saturated heterocycles. The second kappa shape index (κ2) is 29.1. The number of carbonyl (C=O) groups excluding carboxylic acids is 4. The Morgan fingerprint density at radius 1 is 0.571 bits per heavy atom. The number of carbonyl (C=O) groups is 4. The third-order valence-corrected chi connectivity index (χ3v) is 8.82. The van der Waals surface area contributed by atoms with E-state index in [4.69, 9.17) is 4.74 Å². The minimum Gasteiger partial charge on any atom is -0.383 e. The molecule has 0 aromatic rings. The van der Waals surface area contributed by atoms with Crippen LogP contribution in [-0.4, -0.2) is 112 Å². The van der Waals surface area contributed by atoms with Crippen LogP contribution in [0.4, 0.5) is 0 Å². The summed E-state index contributed by atoms with van der Waals surface area (Å²) in [6.07, 6.45) is 6.34. The zero-order valence-electron chi connectivity index (χ0n) is 41.5. The van der Waals surface area contributed by atoms with Crippen molar-refractivity contribution in [1.82, 2.24) is 25.3 Å². The van der Waals surface area contributed by atoms with Crippen LogP contribution in [0.1, 0.15) is 176 Å². The topological polar surface area (TPSA) is 111 Å². The van der Waals surface area contributed by atoms with Gasteiger partial charge in [-0.05, 0) is 94.5 Å². The standard InChI is InChI=1S/C14H30N2O.C13H27NO2.C11H23NO.C8H17NO/c1-13(2,3)9-8-12(17)15-10-14(4,5)11-16(6)7;1-11(2)14(9-10-16-6)12(15)7-8-13(3,4)5;1-9(2)12(6)10(13)7-8-11(3,4)5;1-8(2,3)6-5-7(10)9-4/h8-11H2,1-7H3,(H,15,17);11H,7-10H2,1-6H3;9H,7-8H2,1-6H3;5-6H2,1-4H3,(H,9,10). The van der Waals surface area contributed by atoms with Crippen molar-refractivity contribution >= 4 is 23.6 Å². The number of nitrogens with zero attached hydrogens (tertiary/aromatic N) is 3. The highest BCUT2D eigenvalue weighted by Gasteiger charge is 2.22. The van der Waals surface area contributed by atoms with Crippen LogP contribution in [0.15, 0.2) is 0 Å². The number of hydrogen-bond donors (Lipinski definition) is 2. The molecule has 10 nitrogen and oxygen atoms in total. The van der Waals surface area contributed by atoms with Gasteiger partial charge < -0.3 is 30.1 Å². The summed E-state index contributed by atoms with van der Waals surface area (Å²) >= 11 is 0. The molecule has 0 aromatic carbocycles. The zero-order chi connectivity index (χ0) is 45.3. The van der Waals surface area contributed by atoms with Crippen LogP contribution in [0, 0.1) is 27.1 Å². The number of hydrogen-bond acceptors (Lipinski definition) is 6. The first-order valence-electron chi connectivity index (χ1n) is 21.1. The van der Waals surface area contributed by atoms with Crippen LogP contribution in [0.2, 0.25) is 0 Å². The Bertz CT molecular complexity index is 1060. The Morgan fingerprint density at radius 3 is 1.27 bits per heavy atom. The smallest absolute Gasteiger partial charge is 0.222 e. The van der Waals surface area contributed by atoms with Gasteiger partial charge in [-0.3, -0.25) is 19.2 Å². The third-order valence-electron chi connectivity index (χ3n) is 8.82. The Hall–Kier alpha value is -2.20. The Balaban J connectivity index is -0.000000328. The number of amides is 4. The van der Waals surface area contributed by atoms with Crippen molar-refractivity contribution in [2.45, 2.75) is 188 Å². The molecule has 0 atom stereocenters. The summed E-state index contributed by atoms with van der Waals surface area (Å²) in [5.74, 6) is 0.800. The highest BCUT2D eigenvalue weighted by atomic mass is 16.5. The van der Waals surface area contributed by atoms with Crippen LogP contribution >= 0.6 is 0 Å². The normalized spacial score (nSPS) is 12.1. The summed E-state index contributed by atoms with van der Waals surface area (Å²) in [5.41, 5.74) is 1.11. The first kappa shape index (κ1) is 60.5. The van der Waals surface area contributed by atoms with Crippen LogP contribution in [-0.2, 0) is 23.9 Å². The van der Waals surface area contributed by atoms with E-state index in [0.717, 1.165) is 38.8 Å². The third kappa shape index (κ3) is 44.5. The Kier molecular flexibility index (Phi) is 31.4. The van der Waals surface area contributed by atoms with E-state index in [1.165, 1.54) is 0 Å². The fraction of sp³-hybridized carbons (Fsp3) is 0.913. The molecular formula is C46H97N5O5. The maximum Gasteiger partial charge on any atom is 0.222 e. The molecule has 56 heavy (non-hydrogen) atoms. The van der Waals surface area contributed by atoms with Gasteiger partial charge in [0.15, 0.2) is 0 Å². The monoisotopic (exact) mass is 800 g/mol. The van der Waals surface area contributed by atoms with Crippen molar-refractivity contribution in [3.63, 3.8) is 0 Å². The van der Waals surface area contributed by atoms with Gasteiger partial charge in [0.1, 0.15) is 0 Å². The first-order valence-corrected chi connectivity index (χ1v) is 21.1. The van der Waals surface area contributed by atoms with E-state index in [2.05, 4.69) is 127 Å². The van der Waals surface area contributed by atoms with Gasteiger partial charge in [0.2, 0.25) is 23.6 Å². The molecule has 0 fully saturated rings. The lowest BCUT2D eigenvalue weighted by Crippen LogP contribution is -2.40. The number of rotatable bonds is 17. The zero-order valence-corrected chi connectivity index (χ0v) is 41.5. The van der Waals surface area contributed by atoms with Crippen LogP contribution < -0.4 is 10.6 Å². The first-order chi connectivity index (χ1) is 25.0. The maximum atomic E-state index is 12.0. The van der Waals surface area contributed by atoms with Gasteiger partial charge in [-0.1, -0.05) is 96.9 Å². The molecule has 0 spiro atoms. The molecule has 4 amide bonds. The van der Waals surface area contributed by atoms with E-state index in [9.17, 15) is 19.2 Å². The highest BCUT2D eigenvalue weighted by Crippen LogP contribution is 2.23. The lowest BCUT2D eigenvalue weighted by atomic mass is 9.90. The molecule has 2 N–H and O–H groups in total. The molecule has 0 aromatic heterocycles. The van der Waals surface area contributed by atoms with Crippen molar-refractivity contribution in [3.05, 3.63) is 0 Å². The lowest BCUT2D eigenvalue weighted by Gasteiger charge is -2.28. The summed E-state index contributed by atoms with van der Waals surface area (Å²) in [5, 5.41) is 5.63. The number of methoxy groups -OCH3 is 1. The molecule has 336 valence electrons. The van der Waals surface area contributed by atoms with Crippen LogP contribution in [0.5, 0.6) is 0 Å². The molecule has 0 rings (SSSR count). The van der Waals surface area contributed by atoms with Crippen molar-refractivity contribution in [2.75, 3.05) is 61.5 Å². The predicted octanol–water partition coefficient (Wildman–Crippen LogP) is 9.45. The van der Waals surface area contributed by atoms with Gasteiger partial charge in [0.25, 0.3) is 0 Å². The maximum absolute atomic E-state index is 12.0. The molecule has 0 radical (unpaired) electrons. The van der Waals surface area contributed by atoms with Gasteiger partial charge in [-0.2, -0.15) is 0 Å². The fourth-order valence-corrected chi connectivity index (χ4v) is 4.87. The summed E-state index contributed by atoms with van der Waals surface area (Å²) in [6, 6.07) is 0.565. The van der Waals surface area contributed by atoms with Gasteiger partial charge >= 0.3 is 0 Å². The van der Waals surface area contributed by atoms with Gasteiger partial charge in [0, 0.05) is 78.6 Å². The molecule has 0 unspecified atom stereocenters. The number of ether oxygens (including phenoxy) is 1. The molecule has 0 aliphatic heterocycles. The molecule has 0 aliphatic rings. The van der Waals surface area contributed by atoms with E-state index in [1.807, 2.05) is 44.5 Å². The summed E-state index contributed by atoms with van der Waals surface area (Å²) in [4.78, 5) is 51.9.